The van der Waals surface area contributed by atoms with Gasteiger partial charge in [-0.25, -0.2) is 19.2 Å². The van der Waals surface area contributed by atoms with Gasteiger partial charge in [0.1, 0.15) is 12.1 Å². The van der Waals surface area contributed by atoms with Crippen LogP contribution in [0.15, 0.2) is 30.6 Å². The summed E-state index contributed by atoms with van der Waals surface area (Å²) in [6.45, 7) is 7.50. The summed E-state index contributed by atoms with van der Waals surface area (Å²) in [5.74, 6) is 0.404. The number of hydrogen-bond donors (Lipinski definition) is 2. The Hall–Kier alpha value is -3.07. The minimum Gasteiger partial charge on any atom is -0.465 e. The summed E-state index contributed by atoms with van der Waals surface area (Å²) in [6.07, 6.45) is 8.41. The molecule has 9 heteroatoms. The van der Waals surface area contributed by atoms with E-state index in [2.05, 4.69) is 20.2 Å². The normalized spacial score (nSPS) is 21.8. The van der Waals surface area contributed by atoms with Gasteiger partial charge in [0.2, 0.25) is 0 Å². The monoisotopic (exact) mass is 511 g/mol. The molecule has 2 N–H and O–H groups in total. The summed E-state index contributed by atoms with van der Waals surface area (Å²) in [7, 11) is 0. The van der Waals surface area contributed by atoms with E-state index in [4.69, 9.17) is 0 Å². The highest BCUT2D eigenvalue weighted by Crippen LogP contribution is 2.33. The number of carbonyl (C=O) groups excluding carboxylic acids is 1. The molecule has 1 aromatic heterocycles. The van der Waals surface area contributed by atoms with Gasteiger partial charge in [0.25, 0.3) is 5.91 Å². The molecule has 3 heterocycles. The van der Waals surface area contributed by atoms with Crippen molar-refractivity contribution in [1.82, 2.24) is 25.1 Å². The molecule has 37 heavy (non-hydrogen) atoms. The lowest BCUT2D eigenvalue weighted by Gasteiger charge is -2.24. The highest BCUT2D eigenvalue weighted by Gasteiger charge is 2.42. The number of carbonyl (C=O) groups is 2. The zero-order chi connectivity index (χ0) is 26.4. The van der Waals surface area contributed by atoms with Gasteiger partial charge in [-0.1, -0.05) is 44.2 Å². The van der Waals surface area contributed by atoms with Crippen molar-refractivity contribution in [3.8, 4) is 0 Å². The smallest absolute Gasteiger partial charge is 0.405 e. The van der Waals surface area contributed by atoms with Gasteiger partial charge in [0.15, 0.2) is 0 Å². The van der Waals surface area contributed by atoms with Crippen LogP contribution in [0.5, 0.6) is 0 Å². The molecule has 3 fully saturated rings. The number of nitrogens with one attached hydrogen (secondary N) is 1. The Kier molecular flexibility index (Phi) is 9.08. The average Bonchev–Trinajstić information content (AvgIpc) is 3.61. The minimum atomic E-state index is -1.12. The molecule has 8 nitrogen and oxygen atoms in total. The molecule has 2 aromatic rings. The first kappa shape index (κ1) is 27.0. The van der Waals surface area contributed by atoms with Crippen LogP contribution >= 0.6 is 0 Å². The Morgan fingerprint density at radius 3 is 2.16 bits per heavy atom. The summed E-state index contributed by atoms with van der Waals surface area (Å²) in [6, 6.07) is 5.59. The maximum atomic E-state index is 13.6. The number of carboxylic acid groups (broad SMARTS) is 1. The SMILES string of the molecule is C1CCCC1.Cc1ncnc(C)c1C(=O)N1CC2CN(CCC(NC(=O)O)c3cccc(F)c3)C[C@H]2C1. The number of likely N-dealkylation sites (tertiary alicyclic amines) is 2. The molecule has 5 rings (SSSR count). The molecule has 200 valence electrons. The number of benzene rings is 1. The van der Waals surface area contributed by atoms with Crippen LogP contribution in [0.3, 0.4) is 0 Å². The summed E-state index contributed by atoms with van der Waals surface area (Å²) in [5, 5.41) is 11.7. The first-order valence-electron chi connectivity index (χ1n) is 13.4. The molecule has 3 atom stereocenters. The Morgan fingerprint density at radius 2 is 1.62 bits per heavy atom. The van der Waals surface area contributed by atoms with Crippen LogP contribution in [0.2, 0.25) is 0 Å². The molecular formula is C28H38FN5O3. The lowest BCUT2D eigenvalue weighted by atomic mass is 10.0. The molecular weight excluding hydrogens is 473 g/mol. The number of amides is 2. The minimum absolute atomic E-state index is 0.00150. The molecule has 0 bridgehead atoms. The van der Waals surface area contributed by atoms with Gasteiger partial charge in [-0.05, 0) is 49.8 Å². The first-order chi connectivity index (χ1) is 17.8. The quantitative estimate of drug-likeness (QED) is 0.589. The predicted octanol–water partition coefficient (Wildman–Crippen LogP) is 4.59. The topological polar surface area (TPSA) is 98.7 Å². The van der Waals surface area contributed by atoms with Crippen LogP contribution in [0.1, 0.15) is 71.9 Å². The number of aryl methyl sites for hydroxylation is 2. The zero-order valence-corrected chi connectivity index (χ0v) is 21.8. The highest BCUT2D eigenvalue weighted by atomic mass is 19.1. The zero-order valence-electron chi connectivity index (χ0n) is 21.8. The number of halogens is 1. The van der Waals surface area contributed by atoms with Crippen LogP contribution in [0, 0.1) is 31.5 Å². The number of fused-ring (bicyclic) bond motifs is 1. The Morgan fingerprint density at radius 1 is 1.03 bits per heavy atom. The Balaban J connectivity index is 0.000000572. The second-order valence-corrected chi connectivity index (χ2v) is 10.5. The number of hydrogen-bond acceptors (Lipinski definition) is 5. The summed E-state index contributed by atoms with van der Waals surface area (Å²) < 4.78 is 13.6. The molecule has 2 saturated heterocycles. The van der Waals surface area contributed by atoms with Crippen LogP contribution in [0.4, 0.5) is 9.18 Å². The van der Waals surface area contributed by atoms with Crippen molar-refractivity contribution in [2.24, 2.45) is 11.8 Å². The third-order valence-corrected chi connectivity index (χ3v) is 7.82. The summed E-state index contributed by atoms with van der Waals surface area (Å²) >= 11 is 0. The molecule has 1 saturated carbocycles. The number of nitrogens with zero attached hydrogens (tertiary/aromatic N) is 4. The van der Waals surface area contributed by atoms with Crippen LogP contribution < -0.4 is 5.32 Å². The van der Waals surface area contributed by atoms with E-state index in [1.807, 2.05) is 18.7 Å². The van der Waals surface area contributed by atoms with Gasteiger partial charge in [0.05, 0.1) is 23.0 Å². The van der Waals surface area contributed by atoms with E-state index >= 15 is 0 Å². The van der Waals surface area contributed by atoms with Gasteiger partial charge in [-0.2, -0.15) is 0 Å². The van der Waals surface area contributed by atoms with Crippen molar-refractivity contribution in [1.29, 1.82) is 0 Å². The second-order valence-electron chi connectivity index (χ2n) is 10.5. The molecule has 0 spiro atoms. The van der Waals surface area contributed by atoms with Crippen molar-refractivity contribution < 1.29 is 19.1 Å². The molecule has 3 aliphatic rings. The average molecular weight is 512 g/mol. The number of aromatic nitrogens is 2. The molecule has 2 aliphatic heterocycles. The van der Waals surface area contributed by atoms with E-state index in [-0.39, 0.29) is 11.7 Å². The van der Waals surface area contributed by atoms with Gasteiger partial charge in [-0.15, -0.1) is 0 Å². The van der Waals surface area contributed by atoms with Crippen molar-refractivity contribution >= 4 is 12.0 Å². The standard InChI is InChI=1S/C23H28FN5O3.C5H10/c1-14-21(15(2)26-13-25-14)22(30)29-11-17-9-28(10-18(17)12-29)7-6-20(27-23(31)32)16-4-3-5-19(24)8-16;1-2-4-5-3-1/h3-5,8,13,17-18,20,27H,6-7,9-12H2,1-2H3,(H,31,32);1-5H2/t17-,18?,20?;/m0./s1. The second kappa shape index (κ2) is 12.4. The van der Waals surface area contributed by atoms with Gasteiger partial charge in [-0.3, -0.25) is 4.79 Å². The lowest BCUT2D eigenvalue weighted by Crippen LogP contribution is -2.35. The third kappa shape index (κ3) is 7.03. The molecule has 2 amide bonds. The first-order valence-corrected chi connectivity index (χ1v) is 13.4. The van der Waals surface area contributed by atoms with E-state index in [9.17, 15) is 19.1 Å². The summed E-state index contributed by atoms with van der Waals surface area (Å²) in [4.78, 5) is 36.8. The molecule has 2 unspecified atom stereocenters. The fourth-order valence-corrected chi connectivity index (χ4v) is 5.89. The van der Waals surface area contributed by atoms with Gasteiger partial charge in [0, 0.05) is 32.7 Å². The van der Waals surface area contributed by atoms with Crippen LogP contribution in [0.25, 0.3) is 0 Å². The highest BCUT2D eigenvalue weighted by molar-refractivity contribution is 5.96. The van der Waals surface area contributed by atoms with Gasteiger partial charge < -0.3 is 20.2 Å². The lowest BCUT2D eigenvalue weighted by molar-refractivity contribution is 0.0771. The van der Waals surface area contributed by atoms with Crippen molar-refractivity contribution in [3.63, 3.8) is 0 Å². The number of rotatable bonds is 6. The van der Waals surface area contributed by atoms with E-state index < -0.39 is 12.1 Å². The van der Waals surface area contributed by atoms with Crippen LogP contribution in [-0.2, 0) is 0 Å². The van der Waals surface area contributed by atoms with E-state index in [0.29, 0.717) is 60.4 Å². The largest absolute Gasteiger partial charge is 0.465 e. The fourth-order valence-electron chi connectivity index (χ4n) is 5.89. The van der Waals surface area contributed by atoms with E-state index in [0.717, 1.165) is 13.1 Å². The predicted molar refractivity (Wildman–Crippen MR) is 139 cm³/mol. The van der Waals surface area contributed by atoms with E-state index in [1.54, 1.807) is 12.1 Å². The molecule has 1 aromatic carbocycles. The maximum absolute atomic E-state index is 13.6. The van der Waals surface area contributed by atoms with E-state index in [1.165, 1.54) is 50.6 Å². The van der Waals surface area contributed by atoms with Crippen molar-refractivity contribution in [3.05, 3.63) is 58.9 Å². The van der Waals surface area contributed by atoms with Gasteiger partial charge >= 0.3 is 6.09 Å². The molecule has 0 radical (unpaired) electrons. The van der Waals surface area contributed by atoms with Crippen LogP contribution in [-0.4, -0.2) is 69.6 Å². The molecule has 1 aliphatic carbocycles. The Labute approximate surface area is 218 Å². The Bertz CT molecular complexity index is 1050. The maximum Gasteiger partial charge on any atom is 0.405 e. The summed E-state index contributed by atoms with van der Waals surface area (Å²) in [5.41, 5.74) is 2.63. The van der Waals surface area contributed by atoms with Crippen molar-refractivity contribution in [2.45, 2.75) is 58.4 Å². The van der Waals surface area contributed by atoms with Crippen molar-refractivity contribution in [2.75, 3.05) is 32.7 Å². The third-order valence-electron chi connectivity index (χ3n) is 7.82. The fraction of sp³-hybridized carbons (Fsp3) is 0.571.